The predicted octanol–water partition coefficient (Wildman–Crippen LogP) is 1.95. The molecule has 24 heavy (non-hydrogen) atoms. The first-order chi connectivity index (χ1) is 11.8. The van der Waals surface area contributed by atoms with E-state index in [0.717, 1.165) is 31.1 Å². The predicted molar refractivity (Wildman–Crippen MR) is 93.8 cm³/mol. The number of aliphatic hydroxyl groups excluding tert-OH is 1. The first-order valence-corrected chi connectivity index (χ1v) is 8.38. The van der Waals surface area contributed by atoms with E-state index in [0.29, 0.717) is 19.6 Å². The van der Waals surface area contributed by atoms with Crippen molar-refractivity contribution >= 4 is 11.8 Å². The van der Waals surface area contributed by atoms with Crippen molar-refractivity contribution in [3.8, 4) is 0 Å². The Balaban J connectivity index is 1.85. The highest BCUT2D eigenvalue weighted by atomic mass is 16.5. The van der Waals surface area contributed by atoms with Crippen LogP contribution in [-0.4, -0.2) is 41.4 Å². The van der Waals surface area contributed by atoms with Gasteiger partial charge < -0.3 is 20.5 Å². The number of nitrogens with zero attached hydrogens (tertiary/aromatic N) is 3. The first kappa shape index (κ1) is 16.7. The van der Waals surface area contributed by atoms with Gasteiger partial charge >= 0.3 is 0 Å². The number of rotatable bonds is 7. The van der Waals surface area contributed by atoms with Crippen LogP contribution in [0.2, 0.25) is 0 Å². The maximum absolute atomic E-state index is 9.21. The van der Waals surface area contributed by atoms with Gasteiger partial charge in [0.2, 0.25) is 5.95 Å². The van der Waals surface area contributed by atoms with E-state index in [1.54, 1.807) is 0 Å². The van der Waals surface area contributed by atoms with Crippen molar-refractivity contribution in [2.75, 3.05) is 37.0 Å². The van der Waals surface area contributed by atoms with Crippen LogP contribution >= 0.6 is 0 Å². The van der Waals surface area contributed by atoms with E-state index in [1.165, 1.54) is 5.56 Å². The van der Waals surface area contributed by atoms with Crippen molar-refractivity contribution < 1.29 is 9.84 Å². The highest BCUT2D eigenvalue weighted by Gasteiger charge is 2.21. The van der Waals surface area contributed by atoms with E-state index in [4.69, 9.17) is 10.5 Å². The van der Waals surface area contributed by atoms with Crippen LogP contribution in [0.5, 0.6) is 0 Å². The third-order valence-corrected chi connectivity index (χ3v) is 4.22. The minimum absolute atomic E-state index is 0.148. The molecule has 0 bridgehead atoms. The molecule has 6 heteroatoms. The number of anilines is 2. The van der Waals surface area contributed by atoms with E-state index in [9.17, 15) is 5.11 Å². The third-order valence-electron chi connectivity index (χ3n) is 4.22. The van der Waals surface area contributed by atoms with Crippen LogP contribution in [0.3, 0.4) is 0 Å². The number of benzene rings is 1. The number of hydrogen-bond acceptors (Lipinski definition) is 6. The van der Waals surface area contributed by atoms with Gasteiger partial charge in [0.05, 0.1) is 12.3 Å². The van der Waals surface area contributed by atoms with Crippen molar-refractivity contribution in [1.82, 2.24) is 9.97 Å². The Labute approximate surface area is 142 Å². The number of ether oxygens (including phenoxy) is 1. The Hall–Kier alpha value is -2.18. The molecule has 0 saturated carbocycles. The molecule has 1 aromatic heterocycles. The van der Waals surface area contributed by atoms with Crippen molar-refractivity contribution in [3.63, 3.8) is 0 Å². The van der Waals surface area contributed by atoms with Gasteiger partial charge in [0.15, 0.2) is 0 Å². The lowest BCUT2D eigenvalue weighted by atomic mass is 10.0. The van der Waals surface area contributed by atoms with Gasteiger partial charge in [-0.25, -0.2) is 4.98 Å². The van der Waals surface area contributed by atoms with Gasteiger partial charge in [-0.15, -0.1) is 0 Å². The topological polar surface area (TPSA) is 84.5 Å². The number of nitrogens with two attached hydrogens (primary N) is 1. The molecule has 2 aromatic rings. The van der Waals surface area contributed by atoms with Crippen LogP contribution in [0.4, 0.5) is 11.8 Å². The Kier molecular flexibility index (Phi) is 5.61. The summed E-state index contributed by atoms with van der Waals surface area (Å²) in [5.74, 6) is 1.38. The Morgan fingerprint density at radius 2 is 2.08 bits per heavy atom. The van der Waals surface area contributed by atoms with Crippen molar-refractivity contribution in [1.29, 1.82) is 0 Å². The fourth-order valence-electron chi connectivity index (χ4n) is 2.95. The summed E-state index contributed by atoms with van der Waals surface area (Å²) in [5, 5.41) is 9.21. The molecule has 1 saturated heterocycles. The molecule has 0 amide bonds. The van der Waals surface area contributed by atoms with Crippen molar-refractivity contribution in [2.24, 2.45) is 0 Å². The van der Waals surface area contributed by atoms with Crippen LogP contribution in [0.25, 0.3) is 0 Å². The van der Waals surface area contributed by atoms with E-state index < -0.39 is 0 Å². The largest absolute Gasteiger partial charge is 0.396 e. The van der Waals surface area contributed by atoms with Gasteiger partial charge in [-0.05, 0) is 18.4 Å². The fraction of sp³-hybridized carbons (Fsp3) is 0.444. The molecule has 1 fully saturated rings. The summed E-state index contributed by atoms with van der Waals surface area (Å²) < 4.78 is 5.46. The first-order valence-electron chi connectivity index (χ1n) is 8.38. The average molecular weight is 328 g/mol. The molecule has 2 heterocycles. The fourth-order valence-corrected chi connectivity index (χ4v) is 2.95. The van der Waals surface area contributed by atoms with Gasteiger partial charge in [-0.2, -0.15) is 4.98 Å². The third kappa shape index (κ3) is 4.21. The molecule has 128 valence electrons. The smallest absolute Gasteiger partial charge is 0.222 e. The molecule has 6 nitrogen and oxygen atoms in total. The highest BCUT2D eigenvalue weighted by Crippen LogP contribution is 2.27. The second kappa shape index (κ2) is 8.08. The molecule has 1 aliphatic heterocycles. The quantitative estimate of drug-likeness (QED) is 0.808. The van der Waals surface area contributed by atoms with Crippen LogP contribution in [-0.2, 0) is 11.3 Å². The van der Waals surface area contributed by atoms with Gasteiger partial charge in [-0.3, -0.25) is 0 Å². The summed E-state index contributed by atoms with van der Waals surface area (Å²) in [6, 6.07) is 12.2. The lowest BCUT2D eigenvalue weighted by molar-refractivity contribution is 0.193. The molecule has 0 aliphatic carbocycles. The number of aliphatic hydroxyl groups is 1. The average Bonchev–Trinajstić information content (AvgIpc) is 3.13. The maximum atomic E-state index is 9.21. The molecule has 3 N–H and O–H groups in total. The van der Waals surface area contributed by atoms with E-state index >= 15 is 0 Å². The zero-order valence-electron chi connectivity index (χ0n) is 13.8. The Bertz CT molecular complexity index is 645. The lowest BCUT2D eigenvalue weighted by Crippen LogP contribution is -2.26. The molecular formula is C18H24N4O2. The van der Waals surface area contributed by atoms with Gasteiger partial charge in [0.25, 0.3) is 0 Å². The summed E-state index contributed by atoms with van der Waals surface area (Å²) in [6.07, 6.45) is 1.64. The van der Waals surface area contributed by atoms with E-state index in [-0.39, 0.29) is 18.5 Å². The Morgan fingerprint density at radius 3 is 2.79 bits per heavy atom. The normalized spacial score (nSPS) is 17.1. The van der Waals surface area contributed by atoms with Crippen LogP contribution in [0.15, 0.2) is 36.4 Å². The Morgan fingerprint density at radius 1 is 1.25 bits per heavy atom. The van der Waals surface area contributed by atoms with Crippen molar-refractivity contribution in [2.45, 2.75) is 25.3 Å². The zero-order chi connectivity index (χ0) is 16.8. The molecule has 0 spiro atoms. The summed E-state index contributed by atoms with van der Waals surface area (Å²) in [4.78, 5) is 11.0. The summed E-state index contributed by atoms with van der Waals surface area (Å²) in [7, 11) is 0. The van der Waals surface area contributed by atoms with E-state index in [1.807, 2.05) is 24.3 Å². The summed E-state index contributed by atoms with van der Waals surface area (Å²) >= 11 is 0. The van der Waals surface area contributed by atoms with Crippen LogP contribution in [0.1, 0.15) is 30.0 Å². The van der Waals surface area contributed by atoms with E-state index in [2.05, 4.69) is 27.0 Å². The zero-order valence-corrected chi connectivity index (χ0v) is 13.8. The minimum Gasteiger partial charge on any atom is -0.396 e. The maximum Gasteiger partial charge on any atom is 0.222 e. The lowest BCUT2D eigenvalue weighted by Gasteiger charge is -2.24. The summed E-state index contributed by atoms with van der Waals surface area (Å²) in [6.45, 7) is 3.03. The van der Waals surface area contributed by atoms with Crippen LogP contribution < -0.4 is 10.6 Å². The monoisotopic (exact) mass is 328 g/mol. The van der Waals surface area contributed by atoms with Gasteiger partial charge in [0.1, 0.15) is 5.82 Å². The van der Waals surface area contributed by atoms with Crippen LogP contribution in [0, 0.1) is 0 Å². The molecular weight excluding hydrogens is 304 g/mol. The standard InChI is InChI=1S/C18H24N4O2/c19-18-20-16(15-7-10-24-13-15)11-17(21-18)22(8-4-9-23)12-14-5-2-1-3-6-14/h1-3,5-6,11,15,23H,4,7-10,12-13H2,(H2,19,20,21)/t15-/m0/s1. The number of hydrogen-bond donors (Lipinski definition) is 2. The summed E-state index contributed by atoms with van der Waals surface area (Å²) in [5.41, 5.74) is 8.08. The minimum atomic E-state index is 0.148. The van der Waals surface area contributed by atoms with Gasteiger partial charge in [-0.1, -0.05) is 30.3 Å². The SMILES string of the molecule is Nc1nc([C@H]2CCOC2)cc(N(CCCO)Cc2ccccc2)n1. The number of aromatic nitrogens is 2. The number of nitrogen functional groups attached to an aromatic ring is 1. The highest BCUT2D eigenvalue weighted by molar-refractivity contribution is 5.45. The molecule has 1 aliphatic rings. The molecule has 1 aromatic carbocycles. The molecule has 0 unspecified atom stereocenters. The second-order valence-corrected chi connectivity index (χ2v) is 6.05. The second-order valence-electron chi connectivity index (χ2n) is 6.05. The molecule has 0 radical (unpaired) electrons. The molecule has 1 atom stereocenters. The van der Waals surface area contributed by atoms with Crippen molar-refractivity contribution in [3.05, 3.63) is 47.7 Å². The van der Waals surface area contributed by atoms with Gasteiger partial charge in [0, 0.05) is 38.3 Å². The molecule has 3 rings (SSSR count).